The predicted molar refractivity (Wildman–Crippen MR) is 73.8 cm³/mol. The molecule has 18 heavy (non-hydrogen) atoms. The summed E-state index contributed by atoms with van der Waals surface area (Å²) in [5.74, 6) is -0.287. The molecule has 1 unspecified atom stereocenters. The van der Waals surface area contributed by atoms with Crippen LogP contribution in [0.2, 0.25) is 0 Å². The first-order valence-corrected chi connectivity index (χ1v) is 6.50. The van der Waals surface area contributed by atoms with Gasteiger partial charge in [0.2, 0.25) is 0 Å². The van der Waals surface area contributed by atoms with E-state index in [0.29, 0.717) is 10.9 Å². The fraction of sp³-hybridized carbons (Fsp3) is 0.200. The van der Waals surface area contributed by atoms with E-state index in [-0.39, 0.29) is 5.82 Å². The summed E-state index contributed by atoms with van der Waals surface area (Å²) in [4.78, 5) is 0. The van der Waals surface area contributed by atoms with Crippen LogP contribution in [0.15, 0.2) is 53.0 Å². The topological polar surface area (TPSA) is 20.2 Å². The molecule has 2 aromatic carbocycles. The maximum Gasteiger partial charge on any atom is 0.124 e. The second-order valence-corrected chi connectivity index (χ2v) is 5.41. The van der Waals surface area contributed by atoms with Crippen molar-refractivity contribution in [3.63, 3.8) is 0 Å². The van der Waals surface area contributed by atoms with E-state index in [4.69, 9.17) is 0 Å². The van der Waals surface area contributed by atoms with Crippen LogP contribution in [0.25, 0.3) is 0 Å². The minimum Gasteiger partial charge on any atom is -0.385 e. The van der Waals surface area contributed by atoms with Gasteiger partial charge in [0.05, 0.1) is 5.60 Å². The summed E-state index contributed by atoms with van der Waals surface area (Å²) in [7, 11) is 0. The fourth-order valence-corrected chi connectivity index (χ4v) is 2.43. The van der Waals surface area contributed by atoms with E-state index in [1.165, 1.54) is 12.1 Å². The fourth-order valence-electron chi connectivity index (χ4n) is 1.94. The molecule has 0 amide bonds. The Morgan fingerprint density at radius 1 is 1.17 bits per heavy atom. The van der Waals surface area contributed by atoms with Gasteiger partial charge in [0.25, 0.3) is 0 Å². The van der Waals surface area contributed by atoms with Crippen molar-refractivity contribution in [1.82, 2.24) is 0 Å². The third kappa shape index (κ3) is 2.98. The molecule has 0 aromatic heterocycles. The van der Waals surface area contributed by atoms with E-state index < -0.39 is 5.60 Å². The lowest BCUT2D eigenvalue weighted by Crippen LogP contribution is -2.24. The zero-order valence-electron chi connectivity index (χ0n) is 10.0. The monoisotopic (exact) mass is 308 g/mol. The van der Waals surface area contributed by atoms with Gasteiger partial charge in [-0.3, -0.25) is 0 Å². The van der Waals surface area contributed by atoms with Gasteiger partial charge in [0, 0.05) is 10.9 Å². The molecular formula is C15H14BrFO. The van der Waals surface area contributed by atoms with E-state index in [1.807, 2.05) is 30.3 Å². The van der Waals surface area contributed by atoms with Gasteiger partial charge in [0.15, 0.2) is 0 Å². The van der Waals surface area contributed by atoms with Crippen LogP contribution in [0, 0.1) is 5.82 Å². The standard InChI is InChI=1S/C15H14BrFO/c1-15(18,12-5-3-2-4-6-12)10-11-7-8-13(17)9-14(11)16/h2-9,18H,10H2,1H3. The molecule has 3 heteroatoms. The Balaban J connectivity index is 2.28. The summed E-state index contributed by atoms with van der Waals surface area (Å²) >= 11 is 3.32. The molecule has 0 aliphatic carbocycles. The third-order valence-electron chi connectivity index (χ3n) is 2.95. The molecule has 0 saturated heterocycles. The minimum atomic E-state index is -0.971. The van der Waals surface area contributed by atoms with Crippen molar-refractivity contribution in [3.8, 4) is 0 Å². The van der Waals surface area contributed by atoms with Gasteiger partial charge in [-0.25, -0.2) is 4.39 Å². The Labute approximate surface area is 114 Å². The normalized spacial score (nSPS) is 14.2. The van der Waals surface area contributed by atoms with E-state index in [0.717, 1.165) is 11.1 Å². The molecule has 2 rings (SSSR count). The van der Waals surface area contributed by atoms with Crippen LogP contribution in [0.5, 0.6) is 0 Å². The van der Waals surface area contributed by atoms with Gasteiger partial charge in [-0.15, -0.1) is 0 Å². The Kier molecular flexibility index (Phi) is 3.83. The first kappa shape index (κ1) is 13.2. The molecular weight excluding hydrogens is 295 g/mol. The second kappa shape index (κ2) is 5.21. The quantitative estimate of drug-likeness (QED) is 0.907. The van der Waals surface area contributed by atoms with Crippen molar-refractivity contribution in [1.29, 1.82) is 0 Å². The highest BCUT2D eigenvalue weighted by Gasteiger charge is 2.24. The average molecular weight is 309 g/mol. The highest BCUT2D eigenvalue weighted by molar-refractivity contribution is 9.10. The van der Waals surface area contributed by atoms with Crippen LogP contribution in [-0.4, -0.2) is 5.11 Å². The number of rotatable bonds is 3. The minimum absolute atomic E-state index is 0.287. The number of hydrogen-bond donors (Lipinski definition) is 1. The molecule has 0 saturated carbocycles. The third-order valence-corrected chi connectivity index (χ3v) is 3.68. The van der Waals surface area contributed by atoms with Crippen molar-refractivity contribution < 1.29 is 9.50 Å². The predicted octanol–water partition coefficient (Wildman–Crippen LogP) is 4.04. The molecule has 2 aromatic rings. The smallest absolute Gasteiger partial charge is 0.124 e. The van der Waals surface area contributed by atoms with Gasteiger partial charge in [0.1, 0.15) is 5.82 Å². The lowest BCUT2D eigenvalue weighted by molar-refractivity contribution is 0.0574. The first-order chi connectivity index (χ1) is 8.49. The maximum atomic E-state index is 13.0. The molecule has 0 aliphatic rings. The van der Waals surface area contributed by atoms with Crippen LogP contribution in [0.4, 0.5) is 4.39 Å². The largest absolute Gasteiger partial charge is 0.385 e. The summed E-state index contributed by atoms with van der Waals surface area (Å²) in [6, 6.07) is 14.0. The van der Waals surface area contributed by atoms with E-state index in [9.17, 15) is 9.50 Å². The SMILES string of the molecule is CC(O)(Cc1ccc(F)cc1Br)c1ccccc1. The molecule has 94 valence electrons. The van der Waals surface area contributed by atoms with Crippen molar-refractivity contribution in [2.45, 2.75) is 18.9 Å². The van der Waals surface area contributed by atoms with Crippen LogP contribution in [0.1, 0.15) is 18.1 Å². The zero-order chi connectivity index (χ0) is 13.2. The summed E-state index contributed by atoms with van der Waals surface area (Å²) in [5.41, 5.74) is 0.758. The Morgan fingerprint density at radius 3 is 2.44 bits per heavy atom. The van der Waals surface area contributed by atoms with Gasteiger partial charge in [-0.1, -0.05) is 52.3 Å². The highest BCUT2D eigenvalue weighted by atomic mass is 79.9. The van der Waals surface area contributed by atoms with Gasteiger partial charge >= 0.3 is 0 Å². The maximum absolute atomic E-state index is 13.0. The molecule has 0 radical (unpaired) electrons. The molecule has 0 aliphatic heterocycles. The first-order valence-electron chi connectivity index (χ1n) is 5.71. The molecule has 0 fully saturated rings. The highest BCUT2D eigenvalue weighted by Crippen LogP contribution is 2.28. The molecule has 0 bridgehead atoms. The van der Waals surface area contributed by atoms with Gasteiger partial charge < -0.3 is 5.11 Å². The van der Waals surface area contributed by atoms with Crippen molar-refractivity contribution in [3.05, 3.63) is 69.9 Å². The Morgan fingerprint density at radius 2 is 1.83 bits per heavy atom. The summed E-state index contributed by atoms with van der Waals surface area (Å²) in [6.07, 6.45) is 0.428. The van der Waals surface area contributed by atoms with Gasteiger partial charge in [-0.2, -0.15) is 0 Å². The summed E-state index contributed by atoms with van der Waals surface area (Å²) in [6.45, 7) is 1.76. The summed E-state index contributed by atoms with van der Waals surface area (Å²) in [5, 5.41) is 10.5. The van der Waals surface area contributed by atoms with Crippen molar-refractivity contribution in [2.24, 2.45) is 0 Å². The lowest BCUT2D eigenvalue weighted by atomic mass is 9.89. The zero-order valence-corrected chi connectivity index (χ0v) is 11.6. The number of halogens is 2. The van der Waals surface area contributed by atoms with E-state index in [2.05, 4.69) is 15.9 Å². The second-order valence-electron chi connectivity index (χ2n) is 4.55. The molecule has 0 heterocycles. The molecule has 1 N–H and O–H groups in total. The number of aliphatic hydroxyl groups is 1. The van der Waals surface area contributed by atoms with Crippen molar-refractivity contribution in [2.75, 3.05) is 0 Å². The summed E-state index contributed by atoms with van der Waals surface area (Å²) < 4.78 is 13.7. The van der Waals surface area contributed by atoms with E-state index >= 15 is 0 Å². The molecule has 1 nitrogen and oxygen atoms in total. The lowest BCUT2D eigenvalue weighted by Gasteiger charge is -2.24. The van der Waals surface area contributed by atoms with Crippen molar-refractivity contribution >= 4 is 15.9 Å². The number of hydrogen-bond acceptors (Lipinski definition) is 1. The average Bonchev–Trinajstić information content (AvgIpc) is 2.34. The van der Waals surface area contributed by atoms with E-state index in [1.54, 1.807) is 13.0 Å². The Hall–Kier alpha value is -1.19. The van der Waals surface area contributed by atoms with Gasteiger partial charge in [-0.05, 0) is 30.2 Å². The van der Waals surface area contributed by atoms with Crippen LogP contribution in [0.3, 0.4) is 0 Å². The molecule has 1 atom stereocenters. The van der Waals surface area contributed by atoms with Crippen LogP contribution < -0.4 is 0 Å². The molecule has 0 spiro atoms. The van der Waals surface area contributed by atoms with Crippen LogP contribution >= 0.6 is 15.9 Å². The van der Waals surface area contributed by atoms with Crippen LogP contribution in [-0.2, 0) is 12.0 Å². The Bertz CT molecular complexity index is 537. The number of benzene rings is 2.